The molecule has 0 radical (unpaired) electrons. The maximum atomic E-state index is 12.3. The molecule has 0 bridgehead atoms. The van der Waals surface area contributed by atoms with Crippen LogP contribution in [0.2, 0.25) is 5.02 Å². The van der Waals surface area contributed by atoms with Gasteiger partial charge < -0.3 is 14.5 Å². The Balaban J connectivity index is 1.53. The first-order valence-corrected chi connectivity index (χ1v) is 9.01. The van der Waals surface area contributed by atoms with Crippen molar-refractivity contribution in [2.45, 2.75) is 6.36 Å². The molecule has 2 aromatic carbocycles. The van der Waals surface area contributed by atoms with Crippen LogP contribution in [0.15, 0.2) is 54.6 Å². The second-order valence-corrected chi connectivity index (χ2v) is 6.68. The number of carbonyl (C=O) groups excluding carboxylic acids is 1. The van der Waals surface area contributed by atoms with Crippen LogP contribution in [0.1, 0.15) is 5.56 Å². The van der Waals surface area contributed by atoms with Crippen molar-refractivity contribution in [1.82, 2.24) is 4.90 Å². The molecule has 1 aliphatic rings. The minimum Gasteiger partial charge on any atom is -0.406 e. The molecule has 0 aromatic heterocycles. The molecule has 4 nitrogen and oxygen atoms in total. The Labute approximate surface area is 165 Å². The van der Waals surface area contributed by atoms with Crippen LogP contribution in [0.25, 0.3) is 6.08 Å². The predicted octanol–water partition coefficient (Wildman–Crippen LogP) is 4.60. The lowest BCUT2D eigenvalue weighted by atomic mass is 10.2. The number of halogens is 4. The number of benzene rings is 2. The Morgan fingerprint density at radius 2 is 1.71 bits per heavy atom. The zero-order chi connectivity index (χ0) is 20.1. The average Bonchev–Trinajstić information content (AvgIpc) is 2.66. The quantitative estimate of drug-likeness (QED) is 0.690. The Bertz CT molecular complexity index is 845. The summed E-state index contributed by atoms with van der Waals surface area (Å²) in [6, 6.07) is 12.9. The monoisotopic (exact) mass is 410 g/mol. The van der Waals surface area contributed by atoms with Crippen LogP contribution in [0.4, 0.5) is 18.9 Å². The SMILES string of the molecule is O=C(C=Cc1ccc(OC(F)(F)F)cc1)N1CCN(c2cccc(Cl)c2)CC1. The smallest absolute Gasteiger partial charge is 0.406 e. The lowest BCUT2D eigenvalue weighted by Crippen LogP contribution is -2.48. The summed E-state index contributed by atoms with van der Waals surface area (Å²) in [5, 5.41) is 0.672. The van der Waals surface area contributed by atoms with Crippen LogP contribution in [-0.2, 0) is 4.79 Å². The van der Waals surface area contributed by atoms with Gasteiger partial charge in [-0.15, -0.1) is 13.2 Å². The van der Waals surface area contributed by atoms with E-state index in [1.54, 1.807) is 11.0 Å². The fraction of sp³-hybridized carbons (Fsp3) is 0.250. The maximum absolute atomic E-state index is 12.3. The van der Waals surface area contributed by atoms with Crippen molar-refractivity contribution >= 4 is 29.3 Å². The van der Waals surface area contributed by atoms with Gasteiger partial charge in [0.1, 0.15) is 5.75 Å². The number of nitrogens with zero attached hydrogens (tertiary/aromatic N) is 2. The molecule has 0 N–H and O–H groups in total. The van der Waals surface area contributed by atoms with Crippen molar-refractivity contribution in [3.05, 3.63) is 65.2 Å². The fourth-order valence-electron chi connectivity index (χ4n) is 2.91. The van der Waals surface area contributed by atoms with Crippen LogP contribution in [0, 0.1) is 0 Å². The number of hydrogen-bond acceptors (Lipinski definition) is 3. The van der Waals surface area contributed by atoms with Gasteiger partial charge in [0.25, 0.3) is 0 Å². The summed E-state index contributed by atoms with van der Waals surface area (Å²) in [4.78, 5) is 16.2. The van der Waals surface area contributed by atoms with E-state index < -0.39 is 6.36 Å². The Hall–Kier alpha value is -2.67. The van der Waals surface area contributed by atoms with Crippen LogP contribution >= 0.6 is 11.6 Å². The molecule has 0 atom stereocenters. The highest BCUT2D eigenvalue weighted by atomic mass is 35.5. The van der Waals surface area contributed by atoms with Gasteiger partial charge in [-0.05, 0) is 42.0 Å². The van der Waals surface area contributed by atoms with Crippen LogP contribution in [0.3, 0.4) is 0 Å². The first-order valence-electron chi connectivity index (χ1n) is 8.63. The molecule has 3 rings (SSSR count). The van der Waals surface area contributed by atoms with E-state index in [-0.39, 0.29) is 11.7 Å². The maximum Gasteiger partial charge on any atom is 0.573 e. The summed E-state index contributed by atoms with van der Waals surface area (Å²) in [6.45, 7) is 2.55. The van der Waals surface area contributed by atoms with E-state index in [0.717, 1.165) is 5.69 Å². The number of piperazine rings is 1. The van der Waals surface area contributed by atoms with Crippen molar-refractivity contribution in [2.75, 3.05) is 31.1 Å². The van der Waals surface area contributed by atoms with E-state index in [2.05, 4.69) is 9.64 Å². The molecular weight excluding hydrogens is 393 g/mol. The largest absolute Gasteiger partial charge is 0.573 e. The van der Waals surface area contributed by atoms with Crippen LogP contribution < -0.4 is 9.64 Å². The van der Waals surface area contributed by atoms with Crippen LogP contribution in [-0.4, -0.2) is 43.3 Å². The third-order valence-corrected chi connectivity index (χ3v) is 4.53. The number of amides is 1. The minimum atomic E-state index is -4.72. The molecule has 0 spiro atoms. The molecule has 2 aromatic rings. The molecule has 0 unspecified atom stereocenters. The van der Waals surface area contributed by atoms with E-state index >= 15 is 0 Å². The summed E-state index contributed by atoms with van der Waals surface area (Å²) in [7, 11) is 0. The Morgan fingerprint density at radius 1 is 1.04 bits per heavy atom. The number of carbonyl (C=O) groups is 1. The first-order chi connectivity index (χ1) is 13.3. The zero-order valence-corrected chi connectivity index (χ0v) is 15.6. The van der Waals surface area contributed by atoms with Crippen molar-refractivity contribution in [2.24, 2.45) is 0 Å². The molecule has 1 fully saturated rings. The fourth-order valence-corrected chi connectivity index (χ4v) is 3.10. The van der Waals surface area contributed by atoms with E-state index in [1.807, 2.05) is 24.3 Å². The van der Waals surface area contributed by atoms with Crippen molar-refractivity contribution in [1.29, 1.82) is 0 Å². The third-order valence-electron chi connectivity index (χ3n) is 4.30. The van der Waals surface area contributed by atoms with E-state index in [0.29, 0.717) is 36.8 Å². The number of anilines is 1. The number of ether oxygens (including phenoxy) is 1. The molecule has 1 heterocycles. The molecule has 8 heteroatoms. The van der Waals surface area contributed by atoms with Gasteiger partial charge in [-0.2, -0.15) is 0 Å². The summed E-state index contributed by atoms with van der Waals surface area (Å²) >= 11 is 6.02. The van der Waals surface area contributed by atoms with Crippen LogP contribution in [0.5, 0.6) is 5.75 Å². The predicted molar refractivity (Wildman–Crippen MR) is 102 cm³/mol. The van der Waals surface area contributed by atoms with Gasteiger partial charge in [-0.3, -0.25) is 4.79 Å². The van der Waals surface area contributed by atoms with Gasteiger partial charge in [0.2, 0.25) is 5.91 Å². The second-order valence-electron chi connectivity index (χ2n) is 6.24. The molecule has 0 saturated carbocycles. The summed E-state index contributed by atoms with van der Waals surface area (Å²) < 4.78 is 40.3. The number of alkyl halides is 3. The molecule has 148 valence electrons. The molecule has 1 amide bonds. The van der Waals surface area contributed by atoms with Gasteiger partial charge in [-0.1, -0.05) is 29.8 Å². The van der Waals surface area contributed by atoms with Gasteiger partial charge in [0, 0.05) is 43.0 Å². The number of rotatable bonds is 4. The highest BCUT2D eigenvalue weighted by Crippen LogP contribution is 2.23. The highest BCUT2D eigenvalue weighted by Gasteiger charge is 2.30. The summed E-state index contributed by atoms with van der Waals surface area (Å²) in [6.07, 6.45) is -1.72. The van der Waals surface area contributed by atoms with Gasteiger partial charge in [-0.25, -0.2) is 0 Å². The first kappa shape index (κ1) is 20.1. The zero-order valence-electron chi connectivity index (χ0n) is 14.8. The second kappa shape index (κ2) is 8.56. The standard InChI is InChI=1S/C20H18ClF3N2O2/c21-16-2-1-3-17(14-16)25-10-12-26(13-11-25)19(27)9-6-15-4-7-18(8-5-15)28-20(22,23)24/h1-9,14H,10-13H2. The van der Waals surface area contributed by atoms with E-state index in [4.69, 9.17) is 11.6 Å². The highest BCUT2D eigenvalue weighted by molar-refractivity contribution is 6.30. The lowest BCUT2D eigenvalue weighted by Gasteiger charge is -2.35. The normalized spacial score (nSPS) is 15.1. The van der Waals surface area contributed by atoms with Crippen molar-refractivity contribution in [3.63, 3.8) is 0 Å². The molecule has 28 heavy (non-hydrogen) atoms. The summed E-state index contributed by atoms with van der Waals surface area (Å²) in [5.41, 5.74) is 1.64. The third kappa shape index (κ3) is 5.66. The molecule has 1 aliphatic heterocycles. The van der Waals surface area contributed by atoms with Gasteiger partial charge in [0.15, 0.2) is 0 Å². The Kier molecular flexibility index (Phi) is 6.14. The summed E-state index contributed by atoms with van der Waals surface area (Å²) in [5.74, 6) is -0.436. The molecule has 1 saturated heterocycles. The molecule has 0 aliphatic carbocycles. The average molecular weight is 411 g/mol. The molecular formula is C20H18ClF3N2O2. The van der Waals surface area contributed by atoms with Crippen molar-refractivity contribution in [3.8, 4) is 5.75 Å². The lowest BCUT2D eigenvalue weighted by molar-refractivity contribution is -0.274. The van der Waals surface area contributed by atoms with Crippen molar-refractivity contribution < 1.29 is 22.7 Å². The van der Waals surface area contributed by atoms with E-state index in [9.17, 15) is 18.0 Å². The topological polar surface area (TPSA) is 32.8 Å². The number of hydrogen-bond donors (Lipinski definition) is 0. The Morgan fingerprint density at radius 3 is 2.32 bits per heavy atom. The van der Waals surface area contributed by atoms with Gasteiger partial charge in [0.05, 0.1) is 0 Å². The van der Waals surface area contributed by atoms with Gasteiger partial charge >= 0.3 is 6.36 Å². The van der Waals surface area contributed by atoms with E-state index in [1.165, 1.54) is 30.3 Å². The minimum absolute atomic E-state index is 0.138.